The zero-order chi connectivity index (χ0) is 14.7. The number of nitrogens with zero attached hydrogens (tertiary/aromatic N) is 1. The lowest BCUT2D eigenvalue weighted by molar-refractivity contribution is 0.103. The second-order valence-corrected chi connectivity index (χ2v) is 6.05. The molecule has 1 aliphatic rings. The molecule has 2 atom stereocenters. The van der Waals surface area contributed by atoms with Crippen molar-refractivity contribution < 1.29 is 9.50 Å². The van der Waals surface area contributed by atoms with Crippen LogP contribution in [0.1, 0.15) is 32.8 Å². The van der Waals surface area contributed by atoms with Gasteiger partial charge in [-0.1, -0.05) is 26.8 Å². The Hall–Kier alpha value is -1.13. The molecule has 1 aliphatic heterocycles. The lowest BCUT2D eigenvalue weighted by Crippen LogP contribution is -2.43. The number of β-amino-alcohol motifs (C(OH)–C–C–N with tert-alkyl or cyclic N) is 1. The molecular weight excluding hydrogens is 255 g/mol. The molecule has 2 unspecified atom stereocenters. The van der Waals surface area contributed by atoms with Crippen LogP contribution in [0.25, 0.3) is 0 Å². The first-order valence-electron chi connectivity index (χ1n) is 7.42. The van der Waals surface area contributed by atoms with Crippen LogP contribution in [0.3, 0.4) is 0 Å². The quantitative estimate of drug-likeness (QED) is 0.889. The molecule has 2 rings (SSSR count). The van der Waals surface area contributed by atoms with Gasteiger partial charge >= 0.3 is 0 Å². The molecule has 0 aliphatic carbocycles. The average molecular weight is 280 g/mol. The van der Waals surface area contributed by atoms with Crippen LogP contribution in [0.2, 0.25) is 0 Å². The lowest BCUT2D eigenvalue weighted by Gasteiger charge is -2.37. The fourth-order valence-electron chi connectivity index (χ4n) is 2.59. The van der Waals surface area contributed by atoms with Crippen molar-refractivity contribution in [2.75, 3.05) is 18.0 Å². The van der Waals surface area contributed by atoms with Crippen molar-refractivity contribution in [1.29, 1.82) is 0 Å². The van der Waals surface area contributed by atoms with Crippen molar-refractivity contribution >= 4 is 5.69 Å². The van der Waals surface area contributed by atoms with E-state index in [4.69, 9.17) is 0 Å². The fourth-order valence-corrected chi connectivity index (χ4v) is 2.59. The molecule has 112 valence electrons. The van der Waals surface area contributed by atoms with Crippen LogP contribution in [0.4, 0.5) is 10.1 Å². The summed E-state index contributed by atoms with van der Waals surface area (Å²) in [6.45, 7) is 8.13. The van der Waals surface area contributed by atoms with Gasteiger partial charge in [-0.2, -0.15) is 0 Å². The monoisotopic (exact) mass is 280 g/mol. The summed E-state index contributed by atoms with van der Waals surface area (Å²) in [6, 6.07) is 5.51. The first-order valence-corrected chi connectivity index (χ1v) is 7.42. The highest BCUT2D eigenvalue weighted by Gasteiger charge is 2.26. The summed E-state index contributed by atoms with van der Waals surface area (Å²) in [5.74, 6) is 0.140. The van der Waals surface area contributed by atoms with Gasteiger partial charge in [0.1, 0.15) is 5.82 Å². The fraction of sp³-hybridized carbons (Fsp3) is 0.625. The van der Waals surface area contributed by atoms with E-state index in [1.54, 1.807) is 6.07 Å². The molecule has 0 saturated carbocycles. The van der Waals surface area contributed by atoms with Crippen LogP contribution in [0.5, 0.6) is 0 Å². The topological polar surface area (TPSA) is 35.5 Å². The van der Waals surface area contributed by atoms with Crippen molar-refractivity contribution in [1.82, 2.24) is 5.32 Å². The van der Waals surface area contributed by atoms with E-state index in [-0.39, 0.29) is 11.9 Å². The van der Waals surface area contributed by atoms with Crippen molar-refractivity contribution in [3.63, 3.8) is 0 Å². The Labute approximate surface area is 120 Å². The molecule has 2 N–H and O–H groups in total. The number of aliphatic hydroxyl groups excluding tert-OH is 1. The summed E-state index contributed by atoms with van der Waals surface area (Å²) >= 11 is 0. The standard InChI is InChI=1S/C16H25FN2O/c1-11(2)18-9-13-14(17)5-4-6-15(13)19-8-7-12(3)16(20)10-19/h4-6,11-12,16,18,20H,7-10H2,1-3H3. The molecule has 0 amide bonds. The maximum Gasteiger partial charge on any atom is 0.129 e. The Morgan fingerprint density at radius 1 is 1.45 bits per heavy atom. The number of anilines is 1. The van der Waals surface area contributed by atoms with Gasteiger partial charge in [-0.05, 0) is 24.5 Å². The van der Waals surface area contributed by atoms with E-state index in [0.717, 1.165) is 18.7 Å². The molecule has 1 heterocycles. The van der Waals surface area contributed by atoms with Crippen molar-refractivity contribution in [2.45, 2.75) is 45.9 Å². The van der Waals surface area contributed by atoms with Gasteiger partial charge in [-0.3, -0.25) is 0 Å². The van der Waals surface area contributed by atoms with Crippen LogP contribution in [-0.4, -0.2) is 30.3 Å². The molecular formula is C16H25FN2O. The predicted molar refractivity (Wildman–Crippen MR) is 80.4 cm³/mol. The van der Waals surface area contributed by atoms with E-state index in [1.807, 2.05) is 19.9 Å². The minimum atomic E-state index is -0.335. The number of halogens is 1. The van der Waals surface area contributed by atoms with Gasteiger partial charge in [0.2, 0.25) is 0 Å². The van der Waals surface area contributed by atoms with Crippen molar-refractivity contribution in [3.8, 4) is 0 Å². The van der Waals surface area contributed by atoms with Gasteiger partial charge in [-0.25, -0.2) is 4.39 Å². The first-order chi connectivity index (χ1) is 9.49. The molecule has 0 radical (unpaired) electrons. The smallest absolute Gasteiger partial charge is 0.129 e. The molecule has 0 aromatic heterocycles. The van der Waals surface area contributed by atoms with Crippen molar-refractivity contribution in [3.05, 3.63) is 29.6 Å². The van der Waals surface area contributed by atoms with Crippen LogP contribution in [-0.2, 0) is 6.54 Å². The predicted octanol–water partition coefficient (Wildman–Crippen LogP) is 2.53. The first kappa shape index (κ1) is 15.3. The van der Waals surface area contributed by atoms with E-state index in [2.05, 4.69) is 17.1 Å². The summed E-state index contributed by atoms with van der Waals surface area (Å²) < 4.78 is 14.1. The van der Waals surface area contributed by atoms with E-state index in [1.165, 1.54) is 6.07 Å². The zero-order valence-corrected chi connectivity index (χ0v) is 12.6. The summed E-state index contributed by atoms with van der Waals surface area (Å²) in [4.78, 5) is 2.10. The molecule has 20 heavy (non-hydrogen) atoms. The van der Waals surface area contributed by atoms with E-state index >= 15 is 0 Å². The third-order valence-corrected chi connectivity index (χ3v) is 4.04. The number of benzene rings is 1. The normalized spacial score (nSPS) is 23.4. The van der Waals surface area contributed by atoms with Gasteiger partial charge in [0.05, 0.1) is 6.10 Å². The highest BCUT2D eigenvalue weighted by Crippen LogP contribution is 2.28. The summed E-state index contributed by atoms with van der Waals surface area (Å²) in [5, 5.41) is 13.3. The molecule has 1 aromatic carbocycles. The van der Waals surface area contributed by atoms with Crippen molar-refractivity contribution in [2.24, 2.45) is 5.92 Å². The maximum atomic E-state index is 14.1. The third-order valence-electron chi connectivity index (χ3n) is 4.04. The van der Waals surface area contributed by atoms with Crippen LogP contribution < -0.4 is 10.2 Å². The Balaban J connectivity index is 2.20. The number of rotatable bonds is 4. The number of nitrogens with one attached hydrogen (secondary N) is 1. The van der Waals surface area contributed by atoms with Gasteiger partial charge in [0, 0.05) is 36.9 Å². The minimum absolute atomic E-state index is 0.177. The maximum absolute atomic E-state index is 14.1. The van der Waals surface area contributed by atoms with Gasteiger partial charge < -0.3 is 15.3 Å². The SMILES string of the molecule is CC(C)NCc1c(F)cccc1N1CCC(C)C(O)C1. The summed E-state index contributed by atoms with van der Waals surface area (Å²) in [6.07, 6.45) is 0.604. The molecule has 1 aromatic rings. The molecule has 4 heteroatoms. The molecule has 3 nitrogen and oxygen atoms in total. The molecule has 0 spiro atoms. The van der Waals surface area contributed by atoms with Crippen LogP contribution in [0.15, 0.2) is 18.2 Å². The van der Waals surface area contributed by atoms with Crippen LogP contribution in [0, 0.1) is 11.7 Å². The zero-order valence-electron chi connectivity index (χ0n) is 12.6. The van der Waals surface area contributed by atoms with E-state index in [0.29, 0.717) is 30.6 Å². The Morgan fingerprint density at radius 2 is 2.20 bits per heavy atom. The van der Waals surface area contributed by atoms with Gasteiger partial charge in [0.25, 0.3) is 0 Å². The second kappa shape index (κ2) is 6.55. The Bertz CT molecular complexity index is 450. The van der Waals surface area contributed by atoms with E-state index in [9.17, 15) is 9.50 Å². The average Bonchev–Trinajstić information content (AvgIpc) is 2.40. The summed E-state index contributed by atoms with van der Waals surface area (Å²) in [7, 11) is 0. The second-order valence-electron chi connectivity index (χ2n) is 6.05. The number of hydrogen-bond acceptors (Lipinski definition) is 3. The minimum Gasteiger partial charge on any atom is -0.391 e. The van der Waals surface area contributed by atoms with Gasteiger partial charge in [0.15, 0.2) is 0 Å². The highest BCUT2D eigenvalue weighted by atomic mass is 19.1. The largest absolute Gasteiger partial charge is 0.391 e. The highest BCUT2D eigenvalue weighted by molar-refractivity contribution is 5.54. The Morgan fingerprint density at radius 3 is 2.85 bits per heavy atom. The number of aliphatic hydroxyl groups is 1. The Kier molecular flexibility index (Phi) is 5.00. The molecule has 1 saturated heterocycles. The van der Waals surface area contributed by atoms with Crippen LogP contribution >= 0.6 is 0 Å². The van der Waals surface area contributed by atoms with E-state index < -0.39 is 0 Å². The molecule has 0 bridgehead atoms. The molecule has 1 fully saturated rings. The lowest BCUT2D eigenvalue weighted by atomic mass is 9.95. The number of piperidine rings is 1. The third kappa shape index (κ3) is 3.49. The van der Waals surface area contributed by atoms with Gasteiger partial charge in [-0.15, -0.1) is 0 Å². The summed E-state index contributed by atoms with van der Waals surface area (Å²) in [5.41, 5.74) is 1.60. The number of hydrogen-bond donors (Lipinski definition) is 2.